The fourth-order valence-electron chi connectivity index (χ4n) is 2.17. The standard InChI is InChI=1S/C11H14N2/c1-13-5-4-10-3-2-9(7-12)6-11(10)8-13/h2-3,6,10-11H,4-5,8H2,1H3. The van der Waals surface area contributed by atoms with Gasteiger partial charge in [0.05, 0.1) is 6.07 Å². The van der Waals surface area contributed by atoms with E-state index in [9.17, 15) is 0 Å². The lowest BCUT2D eigenvalue weighted by Gasteiger charge is -2.35. The lowest BCUT2D eigenvalue weighted by molar-refractivity contribution is 0.197. The molecule has 0 aromatic carbocycles. The van der Waals surface area contributed by atoms with Crippen LogP contribution in [0.1, 0.15) is 6.42 Å². The third-order valence-corrected chi connectivity index (χ3v) is 2.96. The van der Waals surface area contributed by atoms with Crippen LogP contribution in [0.4, 0.5) is 0 Å². The van der Waals surface area contributed by atoms with Crippen LogP contribution in [-0.2, 0) is 0 Å². The van der Waals surface area contributed by atoms with Crippen LogP contribution < -0.4 is 0 Å². The fraction of sp³-hybridized carbons (Fsp3) is 0.545. The summed E-state index contributed by atoms with van der Waals surface area (Å²) in [6.07, 6.45) is 7.52. The van der Waals surface area contributed by atoms with Gasteiger partial charge in [-0.15, -0.1) is 0 Å². The second kappa shape index (κ2) is 3.35. The van der Waals surface area contributed by atoms with Crippen molar-refractivity contribution in [3.63, 3.8) is 0 Å². The summed E-state index contributed by atoms with van der Waals surface area (Å²) in [5.74, 6) is 1.24. The molecule has 0 N–H and O–H groups in total. The highest BCUT2D eigenvalue weighted by molar-refractivity contribution is 5.37. The van der Waals surface area contributed by atoms with E-state index in [1.54, 1.807) is 0 Å². The molecule has 0 amide bonds. The number of nitrogens with zero attached hydrogens (tertiary/aromatic N) is 2. The molecule has 68 valence electrons. The number of rotatable bonds is 0. The molecule has 0 saturated carbocycles. The molecule has 1 aliphatic heterocycles. The SMILES string of the molecule is CN1CCC2C=CC(C#N)=CC2C1. The van der Waals surface area contributed by atoms with Crippen LogP contribution >= 0.6 is 0 Å². The van der Waals surface area contributed by atoms with Crippen molar-refractivity contribution in [1.82, 2.24) is 4.90 Å². The van der Waals surface area contributed by atoms with E-state index in [1.807, 2.05) is 6.08 Å². The number of fused-ring (bicyclic) bond motifs is 1. The Balaban J connectivity index is 2.15. The summed E-state index contributed by atoms with van der Waals surface area (Å²) in [4.78, 5) is 2.34. The molecule has 0 bridgehead atoms. The number of hydrogen-bond acceptors (Lipinski definition) is 2. The Morgan fingerprint density at radius 2 is 2.38 bits per heavy atom. The van der Waals surface area contributed by atoms with Crippen LogP contribution in [0.15, 0.2) is 23.8 Å². The second-order valence-electron chi connectivity index (χ2n) is 3.97. The summed E-state index contributed by atoms with van der Waals surface area (Å²) >= 11 is 0. The zero-order valence-corrected chi connectivity index (χ0v) is 7.90. The first kappa shape index (κ1) is 8.52. The predicted molar refractivity (Wildman–Crippen MR) is 51.9 cm³/mol. The average molecular weight is 174 g/mol. The molecule has 2 nitrogen and oxygen atoms in total. The van der Waals surface area contributed by atoms with E-state index in [0.29, 0.717) is 11.8 Å². The molecule has 2 rings (SSSR count). The summed E-state index contributed by atoms with van der Waals surface area (Å²) in [7, 11) is 2.15. The summed E-state index contributed by atoms with van der Waals surface area (Å²) in [6.45, 7) is 2.28. The monoisotopic (exact) mass is 174 g/mol. The number of hydrogen-bond donors (Lipinski definition) is 0. The van der Waals surface area contributed by atoms with Gasteiger partial charge < -0.3 is 4.90 Å². The molecule has 1 fully saturated rings. The molecule has 1 saturated heterocycles. The topological polar surface area (TPSA) is 27.0 Å². The Morgan fingerprint density at radius 1 is 1.54 bits per heavy atom. The van der Waals surface area contributed by atoms with Crippen molar-refractivity contribution in [2.75, 3.05) is 20.1 Å². The normalized spacial score (nSPS) is 33.4. The lowest BCUT2D eigenvalue weighted by Crippen LogP contribution is -2.37. The van der Waals surface area contributed by atoms with E-state index < -0.39 is 0 Å². The van der Waals surface area contributed by atoms with Gasteiger partial charge in [-0.05, 0) is 37.9 Å². The molecule has 2 unspecified atom stereocenters. The molecule has 1 aliphatic carbocycles. The second-order valence-corrected chi connectivity index (χ2v) is 3.97. The van der Waals surface area contributed by atoms with E-state index in [0.717, 1.165) is 12.1 Å². The lowest BCUT2D eigenvalue weighted by atomic mass is 9.81. The van der Waals surface area contributed by atoms with E-state index in [1.165, 1.54) is 13.0 Å². The van der Waals surface area contributed by atoms with Crippen LogP contribution in [0.2, 0.25) is 0 Å². The van der Waals surface area contributed by atoms with Gasteiger partial charge in [-0.3, -0.25) is 0 Å². The van der Waals surface area contributed by atoms with Crippen LogP contribution in [0, 0.1) is 23.2 Å². The van der Waals surface area contributed by atoms with Crippen LogP contribution in [0.25, 0.3) is 0 Å². The summed E-state index contributed by atoms with van der Waals surface area (Å²) < 4.78 is 0. The van der Waals surface area contributed by atoms with Gasteiger partial charge in [0.25, 0.3) is 0 Å². The van der Waals surface area contributed by atoms with E-state index in [-0.39, 0.29) is 0 Å². The van der Waals surface area contributed by atoms with Crippen LogP contribution in [0.5, 0.6) is 0 Å². The van der Waals surface area contributed by atoms with Gasteiger partial charge >= 0.3 is 0 Å². The summed E-state index contributed by atoms with van der Waals surface area (Å²) in [6, 6.07) is 2.21. The Bertz CT molecular complexity index is 296. The van der Waals surface area contributed by atoms with Crippen molar-refractivity contribution in [3.8, 4) is 6.07 Å². The smallest absolute Gasteiger partial charge is 0.0988 e. The van der Waals surface area contributed by atoms with Gasteiger partial charge in [0.15, 0.2) is 0 Å². The quantitative estimate of drug-likeness (QED) is 0.557. The molecule has 0 aromatic heterocycles. The molecule has 2 atom stereocenters. The largest absolute Gasteiger partial charge is 0.306 e. The van der Waals surface area contributed by atoms with E-state index >= 15 is 0 Å². The van der Waals surface area contributed by atoms with Gasteiger partial charge in [-0.2, -0.15) is 5.26 Å². The van der Waals surface area contributed by atoms with Crippen LogP contribution in [0.3, 0.4) is 0 Å². The Labute approximate surface area is 79.2 Å². The Morgan fingerprint density at radius 3 is 3.15 bits per heavy atom. The van der Waals surface area contributed by atoms with Gasteiger partial charge in [0.2, 0.25) is 0 Å². The molecular weight excluding hydrogens is 160 g/mol. The Hall–Kier alpha value is -1.07. The molecule has 13 heavy (non-hydrogen) atoms. The van der Waals surface area contributed by atoms with Crippen molar-refractivity contribution >= 4 is 0 Å². The molecule has 2 aliphatic rings. The zero-order valence-electron chi connectivity index (χ0n) is 7.90. The maximum absolute atomic E-state index is 8.76. The first-order valence-corrected chi connectivity index (χ1v) is 4.78. The van der Waals surface area contributed by atoms with Crippen molar-refractivity contribution < 1.29 is 0 Å². The molecule has 0 spiro atoms. The minimum absolute atomic E-state index is 0.568. The van der Waals surface area contributed by atoms with Gasteiger partial charge in [-0.25, -0.2) is 0 Å². The highest BCUT2D eigenvalue weighted by atomic mass is 15.1. The third kappa shape index (κ3) is 1.66. The van der Waals surface area contributed by atoms with Gasteiger partial charge in [-0.1, -0.05) is 12.2 Å². The highest BCUT2D eigenvalue weighted by Gasteiger charge is 2.26. The number of likely N-dealkylation sites (tertiary alicyclic amines) is 1. The van der Waals surface area contributed by atoms with E-state index in [4.69, 9.17) is 5.26 Å². The molecule has 2 heteroatoms. The first-order valence-electron chi connectivity index (χ1n) is 4.78. The summed E-state index contributed by atoms with van der Waals surface area (Å²) in [5.41, 5.74) is 0.830. The zero-order chi connectivity index (χ0) is 9.26. The van der Waals surface area contributed by atoms with Gasteiger partial charge in [0.1, 0.15) is 0 Å². The molecule has 0 aromatic rings. The molecule has 0 radical (unpaired) electrons. The van der Waals surface area contributed by atoms with Crippen molar-refractivity contribution in [3.05, 3.63) is 23.8 Å². The maximum Gasteiger partial charge on any atom is 0.0988 e. The number of piperidine rings is 1. The van der Waals surface area contributed by atoms with Crippen LogP contribution in [-0.4, -0.2) is 25.0 Å². The minimum atomic E-state index is 0.568. The number of allylic oxidation sites excluding steroid dienone is 3. The van der Waals surface area contributed by atoms with Crippen molar-refractivity contribution in [2.45, 2.75) is 6.42 Å². The van der Waals surface area contributed by atoms with Crippen molar-refractivity contribution in [2.24, 2.45) is 11.8 Å². The first-order chi connectivity index (χ1) is 6.29. The highest BCUT2D eigenvalue weighted by Crippen LogP contribution is 2.29. The van der Waals surface area contributed by atoms with E-state index in [2.05, 4.69) is 30.2 Å². The minimum Gasteiger partial charge on any atom is -0.306 e. The molecule has 1 heterocycles. The van der Waals surface area contributed by atoms with Crippen molar-refractivity contribution in [1.29, 1.82) is 5.26 Å². The maximum atomic E-state index is 8.76. The average Bonchev–Trinajstić information content (AvgIpc) is 2.16. The predicted octanol–water partition coefficient (Wildman–Crippen LogP) is 1.57. The van der Waals surface area contributed by atoms with Gasteiger partial charge in [0, 0.05) is 12.1 Å². The third-order valence-electron chi connectivity index (χ3n) is 2.96. The fourth-order valence-corrected chi connectivity index (χ4v) is 2.17. The summed E-state index contributed by atoms with van der Waals surface area (Å²) in [5, 5.41) is 8.76. The Kier molecular flexibility index (Phi) is 2.20. The molecular formula is C11H14N2. The number of nitriles is 1.